The van der Waals surface area contributed by atoms with Crippen LogP contribution in [-0.4, -0.2) is 4.98 Å². The van der Waals surface area contributed by atoms with Crippen LogP contribution >= 0.6 is 11.6 Å². The molecule has 2 rings (SSSR count). The number of hydrogen-bond acceptors (Lipinski definition) is 1. The number of hydrogen-bond donors (Lipinski definition) is 0. The molecular formula is C11H10ClN. The van der Waals surface area contributed by atoms with Crippen molar-refractivity contribution in [2.24, 2.45) is 0 Å². The SMILES string of the molecule is Cc1cc(Cl)c2c(n1)=CCC=CC=2. The van der Waals surface area contributed by atoms with Crippen molar-refractivity contribution in [2.75, 3.05) is 0 Å². The Morgan fingerprint density at radius 2 is 2.31 bits per heavy atom. The van der Waals surface area contributed by atoms with Crippen LogP contribution in [-0.2, 0) is 0 Å². The second-order valence-electron chi connectivity index (χ2n) is 3.08. The lowest BCUT2D eigenvalue weighted by atomic mass is 10.3. The molecule has 1 aliphatic rings. The summed E-state index contributed by atoms with van der Waals surface area (Å²) in [7, 11) is 0. The van der Waals surface area contributed by atoms with Gasteiger partial charge in [-0.3, -0.25) is 4.98 Å². The van der Waals surface area contributed by atoms with E-state index in [0.29, 0.717) is 0 Å². The smallest absolute Gasteiger partial charge is 0.0683 e. The van der Waals surface area contributed by atoms with E-state index in [4.69, 9.17) is 11.6 Å². The second kappa shape index (κ2) is 3.35. The zero-order chi connectivity index (χ0) is 9.26. The Kier molecular flexibility index (Phi) is 2.19. The summed E-state index contributed by atoms with van der Waals surface area (Å²) in [6.07, 6.45) is 9.14. The molecule has 0 bridgehead atoms. The van der Waals surface area contributed by atoms with Gasteiger partial charge < -0.3 is 0 Å². The minimum absolute atomic E-state index is 0.783. The third-order valence-corrected chi connectivity index (χ3v) is 2.32. The van der Waals surface area contributed by atoms with Crippen LogP contribution in [0.15, 0.2) is 18.2 Å². The van der Waals surface area contributed by atoms with Crippen molar-refractivity contribution in [2.45, 2.75) is 13.3 Å². The molecule has 0 saturated heterocycles. The molecule has 1 aromatic heterocycles. The first kappa shape index (κ1) is 8.52. The van der Waals surface area contributed by atoms with E-state index in [1.54, 1.807) is 0 Å². The first-order valence-electron chi connectivity index (χ1n) is 4.27. The number of halogens is 1. The number of rotatable bonds is 0. The van der Waals surface area contributed by atoms with E-state index in [1.807, 2.05) is 25.1 Å². The van der Waals surface area contributed by atoms with E-state index in [1.165, 1.54) is 0 Å². The number of pyridine rings is 1. The largest absolute Gasteiger partial charge is 0.253 e. The third kappa shape index (κ3) is 1.65. The minimum atomic E-state index is 0.783. The molecule has 1 heterocycles. The van der Waals surface area contributed by atoms with E-state index >= 15 is 0 Å². The van der Waals surface area contributed by atoms with Crippen LogP contribution in [0.4, 0.5) is 0 Å². The van der Waals surface area contributed by atoms with Gasteiger partial charge in [-0.1, -0.05) is 35.9 Å². The van der Waals surface area contributed by atoms with Crippen molar-refractivity contribution in [3.63, 3.8) is 0 Å². The van der Waals surface area contributed by atoms with Crippen LogP contribution in [0, 0.1) is 6.92 Å². The quantitative estimate of drug-likeness (QED) is 0.607. The number of aryl methyl sites for hydroxylation is 1. The van der Waals surface area contributed by atoms with Gasteiger partial charge in [-0.25, -0.2) is 0 Å². The fourth-order valence-corrected chi connectivity index (χ4v) is 1.73. The Hall–Kier alpha value is -1.08. The highest BCUT2D eigenvalue weighted by atomic mass is 35.5. The molecule has 0 radical (unpaired) electrons. The van der Waals surface area contributed by atoms with Gasteiger partial charge in [0, 0.05) is 10.9 Å². The molecule has 0 aliphatic heterocycles. The molecule has 2 heteroatoms. The summed E-state index contributed by atoms with van der Waals surface area (Å²) < 4.78 is 0. The molecule has 0 atom stereocenters. The van der Waals surface area contributed by atoms with E-state index in [-0.39, 0.29) is 0 Å². The number of nitrogens with zero attached hydrogens (tertiary/aromatic N) is 1. The van der Waals surface area contributed by atoms with Gasteiger partial charge in [-0.05, 0) is 19.4 Å². The predicted octanol–water partition coefficient (Wildman–Crippen LogP) is 1.56. The fourth-order valence-electron chi connectivity index (χ4n) is 1.41. The average Bonchev–Trinajstić information content (AvgIpc) is 2.28. The maximum Gasteiger partial charge on any atom is 0.0683 e. The minimum Gasteiger partial charge on any atom is -0.253 e. The molecule has 1 aliphatic carbocycles. The van der Waals surface area contributed by atoms with Crippen LogP contribution in [0.1, 0.15) is 12.1 Å². The lowest BCUT2D eigenvalue weighted by Crippen LogP contribution is -2.29. The first-order chi connectivity index (χ1) is 6.27. The van der Waals surface area contributed by atoms with Crippen molar-refractivity contribution in [1.82, 2.24) is 4.98 Å². The highest BCUT2D eigenvalue weighted by Crippen LogP contribution is 2.01. The highest BCUT2D eigenvalue weighted by molar-refractivity contribution is 6.30. The zero-order valence-corrected chi connectivity index (χ0v) is 8.17. The van der Waals surface area contributed by atoms with E-state index in [9.17, 15) is 0 Å². The van der Waals surface area contributed by atoms with Gasteiger partial charge in [0.25, 0.3) is 0 Å². The Morgan fingerprint density at radius 1 is 1.46 bits per heavy atom. The maximum atomic E-state index is 6.09. The van der Waals surface area contributed by atoms with Crippen LogP contribution in [0.25, 0.3) is 12.2 Å². The maximum absolute atomic E-state index is 6.09. The molecule has 0 N–H and O–H groups in total. The lowest BCUT2D eigenvalue weighted by molar-refractivity contribution is 1.13. The summed E-state index contributed by atoms with van der Waals surface area (Å²) in [5.74, 6) is 0. The molecule has 0 spiro atoms. The average molecular weight is 192 g/mol. The normalized spacial score (nSPS) is 14.0. The van der Waals surface area contributed by atoms with Crippen LogP contribution in [0.2, 0.25) is 5.02 Å². The number of aromatic nitrogens is 1. The van der Waals surface area contributed by atoms with Gasteiger partial charge in [0.1, 0.15) is 0 Å². The van der Waals surface area contributed by atoms with E-state index < -0.39 is 0 Å². The Morgan fingerprint density at radius 3 is 3.15 bits per heavy atom. The molecule has 13 heavy (non-hydrogen) atoms. The first-order valence-corrected chi connectivity index (χ1v) is 4.65. The van der Waals surface area contributed by atoms with Gasteiger partial charge in [0.05, 0.1) is 10.4 Å². The summed E-state index contributed by atoms with van der Waals surface area (Å²) >= 11 is 6.09. The van der Waals surface area contributed by atoms with Crippen molar-refractivity contribution in [3.05, 3.63) is 39.5 Å². The second-order valence-corrected chi connectivity index (χ2v) is 3.49. The van der Waals surface area contributed by atoms with Gasteiger partial charge in [0.15, 0.2) is 0 Å². The molecular weight excluding hydrogens is 182 g/mol. The van der Waals surface area contributed by atoms with Crippen molar-refractivity contribution in [3.8, 4) is 0 Å². The van der Waals surface area contributed by atoms with E-state index in [0.717, 1.165) is 27.7 Å². The molecule has 0 saturated carbocycles. The Labute approximate surface area is 82.1 Å². The molecule has 1 aromatic rings. The summed E-state index contributed by atoms with van der Waals surface area (Å²) in [5.41, 5.74) is 0.968. The monoisotopic (exact) mass is 191 g/mol. The van der Waals surface area contributed by atoms with Crippen LogP contribution in [0.3, 0.4) is 0 Å². The topological polar surface area (TPSA) is 12.9 Å². The molecule has 0 amide bonds. The van der Waals surface area contributed by atoms with Gasteiger partial charge in [0.2, 0.25) is 0 Å². The van der Waals surface area contributed by atoms with Gasteiger partial charge in [-0.2, -0.15) is 0 Å². The summed E-state index contributed by atoms with van der Waals surface area (Å²) in [6.45, 7) is 1.96. The van der Waals surface area contributed by atoms with E-state index in [2.05, 4.69) is 17.1 Å². The lowest BCUT2D eigenvalue weighted by Gasteiger charge is -1.95. The summed E-state index contributed by atoms with van der Waals surface area (Å²) in [5, 5.41) is 2.81. The molecule has 0 fully saturated rings. The molecule has 0 unspecified atom stereocenters. The summed E-state index contributed by atoms with van der Waals surface area (Å²) in [6, 6.07) is 1.89. The highest BCUT2D eigenvalue weighted by Gasteiger charge is 1.97. The molecule has 1 nitrogen and oxygen atoms in total. The third-order valence-electron chi connectivity index (χ3n) is 2.01. The van der Waals surface area contributed by atoms with Crippen LogP contribution < -0.4 is 10.6 Å². The van der Waals surface area contributed by atoms with Crippen molar-refractivity contribution >= 4 is 23.8 Å². The fraction of sp³-hybridized carbons (Fsp3) is 0.182. The van der Waals surface area contributed by atoms with Gasteiger partial charge in [-0.15, -0.1) is 0 Å². The number of allylic oxidation sites excluding steroid dienone is 2. The van der Waals surface area contributed by atoms with Crippen LogP contribution in [0.5, 0.6) is 0 Å². The zero-order valence-electron chi connectivity index (χ0n) is 7.42. The Balaban J connectivity index is 2.86. The molecule has 66 valence electrons. The Bertz CT molecular complexity index is 472. The van der Waals surface area contributed by atoms with Gasteiger partial charge >= 0.3 is 0 Å². The van der Waals surface area contributed by atoms with Crippen molar-refractivity contribution in [1.29, 1.82) is 0 Å². The predicted molar refractivity (Wildman–Crippen MR) is 55.9 cm³/mol. The number of fused-ring (bicyclic) bond motifs is 1. The molecule has 0 aromatic carbocycles. The van der Waals surface area contributed by atoms with Crippen molar-refractivity contribution < 1.29 is 0 Å². The summed E-state index contributed by atoms with van der Waals surface area (Å²) in [4.78, 5) is 4.42. The standard InChI is InChI=1S/C11H10ClN/c1-8-7-10(12)9-5-3-2-4-6-11(9)13-8/h2-3,5-7H,4H2,1H3.